The van der Waals surface area contributed by atoms with Gasteiger partial charge in [-0.3, -0.25) is 14.7 Å². The molecule has 1 aromatic carbocycles. The number of rotatable bonds is 2. The largest absolute Gasteiger partial charge is 0.349 e. The van der Waals surface area contributed by atoms with Gasteiger partial charge in [-0.25, -0.2) is 0 Å². The first-order chi connectivity index (χ1) is 13.3. The first kappa shape index (κ1) is 16.8. The third-order valence-corrected chi connectivity index (χ3v) is 6.29. The number of aromatic nitrogens is 2. The van der Waals surface area contributed by atoms with Gasteiger partial charge in [-0.05, 0) is 25.0 Å². The SMILES string of the molecule is O=C(c1cc2ccc3cccnc3c2[nH]1)N1CCN(C2CCCCC2)CC1. The van der Waals surface area contributed by atoms with Gasteiger partial charge in [0.05, 0.1) is 11.0 Å². The highest BCUT2D eigenvalue weighted by molar-refractivity contribution is 6.07. The molecule has 1 saturated carbocycles. The zero-order valence-electron chi connectivity index (χ0n) is 15.7. The molecule has 1 amide bonds. The first-order valence-electron chi connectivity index (χ1n) is 10.2. The van der Waals surface area contributed by atoms with Crippen molar-refractivity contribution < 1.29 is 4.79 Å². The zero-order chi connectivity index (χ0) is 18.2. The monoisotopic (exact) mass is 362 g/mol. The van der Waals surface area contributed by atoms with Crippen molar-refractivity contribution in [3.63, 3.8) is 0 Å². The fraction of sp³-hybridized carbons (Fsp3) is 0.455. The van der Waals surface area contributed by atoms with Gasteiger partial charge in [-0.2, -0.15) is 0 Å². The number of amides is 1. The van der Waals surface area contributed by atoms with E-state index in [9.17, 15) is 4.79 Å². The van der Waals surface area contributed by atoms with Gasteiger partial charge < -0.3 is 9.88 Å². The topological polar surface area (TPSA) is 52.2 Å². The van der Waals surface area contributed by atoms with E-state index in [1.54, 1.807) is 6.20 Å². The molecule has 0 radical (unpaired) electrons. The van der Waals surface area contributed by atoms with Gasteiger partial charge in [-0.15, -0.1) is 0 Å². The maximum absolute atomic E-state index is 13.0. The molecule has 5 rings (SSSR count). The fourth-order valence-electron chi connectivity index (χ4n) is 4.76. The van der Waals surface area contributed by atoms with Crippen LogP contribution in [0.4, 0.5) is 0 Å². The minimum Gasteiger partial charge on any atom is -0.349 e. The van der Waals surface area contributed by atoms with Crippen LogP contribution in [-0.4, -0.2) is 57.9 Å². The van der Waals surface area contributed by atoms with Crippen LogP contribution in [0.3, 0.4) is 0 Å². The molecule has 0 bridgehead atoms. The Morgan fingerprint density at radius 1 is 1.00 bits per heavy atom. The second kappa shape index (κ2) is 6.97. The number of pyridine rings is 1. The van der Waals surface area contributed by atoms with Crippen LogP contribution in [0.1, 0.15) is 42.6 Å². The Morgan fingerprint density at radius 2 is 1.78 bits per heavy atom. The van der Waals surface area contributed by atoms with Gasteiger partial charge in [0, 0.05) is 49.2 Å². The molecule has 2 fully saturated rings. The lowest BCUT2D eigenvalue weighted by molar-refractivity contribution is 0.0519. The van der Waals surface area contributed by atoms with E-state index in [1.165, 1.54) is 32.1 Å². The number of nitrogens with one attached hydrogen (secondary N) is 1. The Balaban J connectivity index is 1.33. The van der Waals surface area contributed by atoms with E-state index in [0.717, 1.165) is 54.0 Å². The normalized spacial score (nSPS) is 19.8. The summed E-state index contributed by atoms with van der Waals surface area (Å²) in [4.78, 5) is 25.5. The van der Waals surface area contributed by atoms with E-state index in [0.29, 0.717) is 5.69 Å². The molecule has 0 atom stereocenters. The minimum atomic E-state index is 0.110. The Morgan fingerprint density at radius 3 is 2.59 bits per heavy atom. The highest BCUT2D eigenvalue weighted by Crippen LogP contribution is 2.26. The molecule has 5 heteroatoms. The van der Waals surface area contributed by atoms with Crippen molar-refractivity contribution in [2.24, 2.45) is 0 Å². The number of hydrogen-bond acceptors (Lipinski definition) is 3. The number of carbonyl (C=O) groups excluding carboxylic acids is 1. The van der Waals surface area contributed by atoms with Gasteiger partial charge >= 0.3 is 0 Å². The van der Waals surface area contributed by atoms with Crippen LogP contribution < -0.4 is 0 Å². The number of fused-ring (bicyclic) bond motifs is 3. The molecule has 1 saturated heterocycles. The van der Waals surface area contributed by atoms with Gasteiger partial charge in [0.25, 0.3) is 5.91 Å². The van der Waals surface area contributed by atoms with E-state index < -0.39 is 0 Å². The van der Waals surface area contributed by atoms with Gasteiger partial charge in [0.15, 0.2) is 0 Å². The van der Waals surface area contributed by atoms with Crippen molar-refractivity contribution in [3.8, 4) is 0 Å². The number of aromatic amines is 1. The molecule has 1 aliphatic carbocycles. The predicted octanol–water partition coefficient (Wildman–Crippen LogP) is 3.81. The molecule has 0 unspecified atom stereocenters. The lowest BCUT2D eigenvalue weighted by Crippen LogP contribution is -2.52. The lowest BCUT2D eigenvalue weighted by Gasteiger charge is -2.40. The summed E-state index contributed by atoms with van der Waals surface area (Å²) in [6.07, 6.45) is 8.57. The predicted molar refractivity (Wildman–Crippen MR) is 108 cm³/mol. The number of nitrogens with zero attached hydrogens (tertiary/aromatic N) is 3. The van der Waals surface area contributed by atoms with Crippen LogP contribution >= 0.6 is 0 Å². The quantitative estimate of drug-likeness (QED) is 0.754. The van der Waals surface area contributed by atoms with Crippen molar-refractivity contribution in [1.82, 2.24) is 19.8 Å². The fourth-order valence-corrected chi connectivity index (χ4v) is 4.76. The summed E-state index contributed by atoms with van der Waals surface area (Å²) in [6.45, 7) is 3.65. The first-order valence-corrected chi connectivity index (χ1v) is 10.2. The smallest absolute Gasteiger partial charge is 0.270 e. The number of piperazine rings is 1. The zero-order valence-corrected chi connectivity index (χ0v) is 15.7. The molecule has 3 aromatic rings. The highest BCUT2D eigenvalue weighted by atomic mass is 16.2. The Bertz CT molecular complexity index is 965. The third-order valence-electron chi connectivity index (χ3n) is 6.29. The molecular formula is C22H26N4O. The molecule has 2 aromatic heterocycles. The number of hydrogen-bond donors (Lipinski definition) is 1. The average molecular weight is 362 g/mol. The van der Waals surface area contributed by atoms with E-state index in [2.05, 4.69) is 33.1 Å². The van der Waals surface area contributed by atoms with Crippen molar-refractivity contribution in [3.05, 3.63) is 42.2 Å². The van der Waals surface area contributed by atoms with Crippen molar-refractivity contribution in [1.29, 1.82) is 0 Å². The molecule has 140 valence electrons. The molecule has 2 aliphatic rings. The molecular weight excluding hydrogens is 336 g/mol. The van der Waals surface area contributed by atoms with Crippen LogP contribution in [-0.2, 0) is 0 Å². The van der Waals surface area contributed by atoms with Crippen LogP contribution in [0.15, 0.2) is 36.5 Å². The maximum atomic E-state index is 13.0. The van der Waals surface area contributed by atoms with E-state index in [4.69, 9.17) is 0 Å². The summed E-state index contributed by atoms with van der Waals surface area (Å²) >= 11 is 0. The average Bonchev–Trinajstić information content (AvgIpc) is 3.19. The summed E-state index contributed by atoms with van der Waals surface area (Å²) in [5.41, 5.74) is 2.56. The summed E-state index contributed by atoms with van der Waals surface area (Å²) in [6, 6.07) is 10.8. The van der Waals surface area contributed by atoms with Crippen molar-refractivity contribution in [2.45, 2.75) is 38.1 Å². The Kier molecular flexibility index (Phi) is 4.32. The van der Waals surface area contributed by atoms with Crippen LogP contribution in [0, 0.1) is 0 Å². The van der Waals surface area contributed by atoms with E-state index >= 15 is 0 Å². The molecule has 5 nitrogen and oxygen atoms in total. The van der Waals surface area contributed by atoms with Gasteiger partial charge in [0.1, 0.15) is 5.69 Å². The Labute approximate surface area is 159 Å². The van der Waals surface area contributed by atoms with E-state index in [-0.39, 0.29) is 5.91 Å². The minimum absolute atomic E-state index is 0.110. The number of benzene rings is 1. The van der Waals surface area contributed by atoms with Crippen LogP contribution in [0.5, 0.6) is 0 Å². The summed E-state index contributed by atoms with van der Waals surface area (Å²) in [7, 11) is 0. The second-order valence-corrected chi connectivity index (χ2v) is 7.91. The summed E-state index contributed by atoms with van der Waals surface area (Å²) < 4.78 is 0. The van der Waals surface area contributed by atoms with Crippen molar-refractivity contribution in [2.75, 3.05) is 26.2 Å². The standard InChI is InChI=1S/C22H26N4O/c27-22(26-13-11-25(12-14-26)18-6-2-1-3-7-18)19-15-17-9-8-16-5-4-10-23-20(16)21(17)24-19/h4-5,8-10,15,18,24H,1-3,6-7,11-14H2. The van der Waals surface area contributed by atoms with Gasteiger partial charge in [0.2, 0.25) is 0 Å². The lowest BCUT2D eigenvalue weighted by atomic mass is 9.94. The molecule has 1 N–H and O–H groups in total. The molecule has 0 spiro atoms. The third kappa shape index (κ3) is 3.10. The number of H-pyrrole nitrogens is 1. The van der Waals surface area contributed by atoms with Crippen molar-refractivity contribution >= 4 is 27.7 Å². The molecule has 27 heavy (non-hydrogen) atoms. The summed E-state index contributed by atoms with van der Waals surface area (Å²) in [5.74, 6) is 0.110. The maximum Gasteiger partial charge on any atom is 0.270 e. The molecule has 1 aliphatic heterocycles. The molecule has 3 heterocycles. The summed E-state index contributed by atoms with van der Waals surface area (Å²) in [5, 5.41) is 2.14. The van der Waals surface area contributed by atoms with E-state index in [1.807, 2.05) is 17.0 Å². The van der Waals surface area contributed by atoms with Gasteiger partial charge in [-0.1, -0.05) is 37.5 Å². The highest BCUT2D eigenvalue weighted by Gasteiger charge is 2.28. The van der Waals surface area contributed by atoms with Crippen LogP contribution in [0.2, 0.25) is 0 Å². The number of carbonyl (C=O) groups is 1. The Hall–Kier alpha value is -2.40. The van der Waals surface area contributed by atoms with Crippen LogP contribution in [0.25, 0.3) is 21.8 Å². The second-order valence-electron chi connectivity index (χ2n) is 7.91.